The molecule has 0 saturated carbocycles. The van der Waals surface area contributed by atoms with Crippen molar-refractivity contribution in [2.75, 3.05) is 26.3 Å². The maximum atomic E-state index is 13.7. The van der Waals surface area contributed by atoms with Crippen LogP contribution < -0.4 is 14.8 Å². The third-order valence-electron chi connectivity index (χ3n) is 3.75. The van der Waals surface area contributed by atoms with Gasteiger partial charge in [0.05, 0.1) is 0 Å². The predicted molar refractivity (Wildman–Crippen MR) is 68.4 cm³/mol. The second-order valence-corrected chi connectivity index (χ2v) is 5.13. The fraction of sp³-hybridized carbons (Fsp3) is 0.571. The van der Waals surface area contributed by atoms with Gasteiger partial charge in [0, 0.05) is 11.6 Å². The number of piperidine rings is 1. The number of halogens is 1. The first-order valence-corrected chi connectivity index (χ1v) is 6.76. The molecular formula is C14H18FNO3. The van der Waals surface area contributed by atoms with Crippen LogP contribution in [0, 0.1) is 11.7 Å². The topological polar surface area (TPSA) is 50.7 Å². The molecule has 2 aliphatic heterocycles. The first-order chi connectivity index (χ1) is 9.25. The minimum absolute atomic E-state index is 0.296. The molecule has 2 aliphatic rings. The molecule has 5 heteroatoms. The van der Waals surface area contributed by atoms with Gasteiger partial charge in [-0.3, -0.25) is 0 Å². The molecule has 0 amide bonds. The van der Waals surface area contributed by atoms with Crippen molar-refractivity contribution < 1.29 is 19.0 Å². The zero-order chi connectivity index (χ0) is 13.2. The Labute approximate surface area is 111 Å². The van der Waals surface area contributed by atoms with Crippen molar-refractivity contribution in [3.63, 3.8) is 0 Å². The van der Waals surface area contributed by atoms with Gasteiger partial charge < -0.3 is 19.9 Å². The highest BCUT2D eigenvalue weighted by Crippen LogP contribution is 2.42. The maximum absolute atomic E-state index is 13.7. The summed E-state index contributed by atoms with van der Waals surface area (Å²) in [6.45, 7) is 2.78. The molecule has 0 bridgehead atoms. The summed E-state index contributed by atoms with van der Waals surface area (Å²) in [4.78, 5) is 0. The molecular weight excluding hydrogens is 249 g/mol. The highest BCUT2D eigenvalue weighted by atomic mass is 19.1. The molecule has 3 rings (SSSR count). The Morgan fingerprint density at radius 1 is 1.37 bits per heavy atom. The van der Waals surface area contributed by atoms with Crippen molar-refractivity contribution >= 4 is 0 Å². The van der Waals surface area contributed by atoms with Crippen LogP contribution in [-0.2, 0) is 6.42 Å². The molecule has 0 aromatic heterocycles. The van der Waals surface area contributed by atoms with Gasteiger partial charge in [-0.25, -0.2) is 4.39 Å². The molecule has 4 nitrogen and oxygen atoms in total. The number of phenols is 1. The summed E-state index contributed by atoms with van der Waals surface area (Å²) >= 11 is 0. The fourth-order valence-electron chi connectivity index (χ4n) is 2.79. The Morgan fingerprint density at radius 2 is 2.21 bits per heavy atom. The van der Waals surface area contributed by atoms with E-state index in [1.807, 2.05) is 0 Å². The van der Waals surface area contributed by atoms with Crippen LogP contribution in [0.3, 0.4) is 0 Å². The molecule has 1 saturated heterocycles. The van der Waals surface area contributed by atoms with Crippen molar-refractivity contribution in [3.8, 4) is 17.2 Å². The van der Waals surface area contributed by atoms with E-state index in [1.54, 1.807) is 0 Å². The number of hydrogen-bond acceptors (Lipinski definition) is 4. The van der Waals surface area contributed by atoms with E-state index in [0.29, 0.717) is 42.6 Å². The maximum Gasteiger partial charge on any atom is 0.169 e. The molecule has 1 atom stereocenters. The standard InChI is InChI=1S/C14H18FNO3/c15-11-7-12-14(19-5-4-18-12)10(13(11)17)6-9-2-1-3-16-8-9/h7,9,16-17H,1-6,8H2. The Morgan fingerprint density at radius 3 is 3.00 bits per heavy atom. The zero-order valence-electron chi connectivity index (χ0n) is 10.7. The van der Waals surface area contributed by atoms with Crippen LogP contribution in [0.5, 0.6) is 17.2 Å². The van der Waals surface area contributed by atoms with E-state index in [-0.39, 0.29) is 5.75 Å². The number of aromatic hydroxyl groups is 1. The summed E-state index contributed by atoms with van der Waals surface area (Å²) in [5.74, 6) is 0.380. The molecule has 1 unspecified atom stereocenters. The summed E-state index contributed by atoms with van der Waals surface area (Å²) in [6, 6.07) is 1.20. The molecule has 2 N–H and O–H groups in total. The number of rotatable bonds is 2. The smallest absolute Gasteiger partial charge is 0.169 e. The summed E-state index contributed by atoms with van der Waals surface area (Å²) in [5.41, 5.74) is 0.545. The lowest BCUT2D eigenvalue weighted by Crippen LogP contribution is -2.31. The van der Waals surface area contributed by atoms with Crippen molar-refractivity contribution in [2.24, 2.45) is 5.92 Å². The van der Waals surface area contributed by atoms with Crippen molar-refractivity contribution in [3.05, 3.63) is 17.4 Å². The van der Waals surface area contributed by atoms with Crippen LogP contribution in [0.25, 0.3) is 0 Å². The largest absolute Gasteiger partial charge is 0.505 e. The van der Waals surface area contributed by atoms with Crippen LogP contribution >= 0.6 is 0 Å². The molecule has 1 aromatic rings. The number of hydrogen-bond donors (Lipinski definition) is 2. The van der Waals surface area contributed by atoms with Crippen molar-refractivity contribution in [1.29, 1.82) is 0 Å². The minimum Gasteiger partial charge on any atom is -0.505 e. The molecule has 0 spiro atoms. The van der Waals surface area contributed by atoms with E-state index in [9.17, 15) is 9.50 Å². The van der Waals surface area contributed by atoms with E-state index in [2.05, 4.69) is 5.32 Å². The quantitative estimate of drug-likeness (QED) is 0.858. The van der Waals surface area contributed by atoms with Gasteiger partial charge in [-0.05, 0) is 38.3 Å². The normalized spacial score (nSPS) is 22.3. The van der Waals surface area contributed by atoms with E-state index < -0.39 is 5.82 Å². The van der Waals surface area contributed by atoms with Gasteiger partial charge in [0.2, 0.25) is 0 Å². The van der Waals surface area contributed by atoms with Gasteiger partial charge in [-0.1, -0.05) is 0 Å². The number of ether oxygens (including phenoxy) is 2. The van der Waals surface area contributed by atoms with E-state index in [4.69, 9.17) is 9.47 Å². The molecule has 0 aliphatic carbocycles. The van der Waals surface area contributed by atoms with Crippen LogP contribution in [0.1, 0.15) is 18.4 Å². The number of nitrogens with one attached hydrogen (secondary N) is 1. The van der Waals surface area contributed by atoms with Crippen LogP contribution in [0.15, 0.2) is 6.07 Å². The second kappa shape index (κ2) is 5.25. The lowest BCUT2D eigenvalue weighted by molar-refractivity contribution is 0.166. The molecule has 1 fully saturated rings. The van der Waals surface area contributed by atoms with E-state index >= 15 is 0 Å². The first-order valence-electron chi connectivity index (χ1n) is 6.76. The molecule has 104 valence electrons. The number of benzene rings is 1. The van der Waals surface area contributed by atoms with Gasteiger partial charge in [0.1, 0.15) is 13.2 Å². The Balaban J connectivity index is 1.91. The van der Waals surface area contributed by atoms with E-state index in [1.165, 1.54) is 6.07 Å². The van der Waals surface area contributed by atoms with Gasteiger partial charge >= 0.3 is 0 Å². The molecule has 0 radical (unpaired) electrons. The summed E-state index contributed by atoms with van der Waals surface area (Å²) in [7, 11) is 0. The zero-order valence-corrected chi connectivity index (χ0v) is 10.7. The lowest BCUT2D eigenvalue weighted by atomic mass is 9.91. The Hall–Kier alpha value is -1.49. The monoisotopic (exact) mass is 267 g/mol. The Kier molecular flexibility index (Phi) is 3.46. The van der Waals surface area contributed by atoms with Crippen molar-refractivity contribution in [2.45, 2.75) is 19.3 Å². The van der Waals surface area contributed by atoms with Crippen molar-refractivity contribution in [1.82, 2.24) is 5.32 Å². The van der Waals surface area contributed by atoms with Gasteiger partial charge in [0.15, 0.2) is 23.1 Å². The van der Waals surface area contributed by atoms with Gasteiger partial charge in [-0.2, -0.15) is 0 Å². The van der Waals surface area contributed by atoms with Crippen LogP contribution in [-0.4, -0.2) is 31.4 Å². The summed E-state index contributed by atoms with van der Waals surface area (Å²) < 4.78 is 24.7. The molecule has 1 aromatic carbocycles. The minimum atomic E-state index is -0.636. The Bertz CT molecular complexity index is 472. The third kappa shape index (κ3) is 2.47. The highest BCUT2D eigenvalue weighted by Gasteiger charge is 2.25. The fourth-order valence-corrected chi connectivity index (χ4v) is 2.79. The second-order valence-electron chi connectivity index (χ2n) is 5.13. The van der Waals surface area contributed by atoms with E-state index in [0.717, 1.165) is 25.9 Å². The lowest BCUT2D eigenvalue weighted by Gasteiger charge is -2.26. The molecule has 2 heterocycles. The number of fused-ring (bicyclic) bond motifs is 1. The van der Waals surface area contributed by atoms with Crippen LogP contribution in [0.4, 0.5) is 4.39 Å². The molecule has 19 heavy (non-hydrogen) atoms. The SMILES string of the molecule is Oc1c(F)cc2c(c1CC1CCCNC1)OCCO2. The average Bonchev–Trinajstić information content (AvgIpc) is 2.45. The predicted octanol–water partition coefficient (Wildman–Crippen LogP) is 1.84. The van der Waals surface area contributed by atoms with Gasteiger partial charge in [0.25, 0.3) is 0 Å². The summed E-state index contributed by atoms with van der Waals surface area (Å²) in [5, 5.41) is 13.3. The van der Waals surface area contributed by atoms with Gasteiger partial charge in [-0.15, -0.1) is 0 Å². The summed E-state index contributed by atoms with van der Waals surface area (Å²) in [6.07, 6.45) is 2.81. The average molecular weight is 267 g/mol. The van der Waals surface area contributed by atoms with Crippen LogP contribution in [0.2, 0.25) is 0 Å². The third-order valence-corrected chi connectivity index (χ3v) is 3.75. The highest BCUT2D eigenvalue weighted by molar-refractivity contribution is 5.55. The first kappa shape index (κ1) is 12.5. The number of phenolic OH excluding ortho intramolecular Hbond substituents is 1.